The Bertz CT molecular complexity index is 949. The lowest BCUT2D eigenvalue weighted by Gasteiger charge is -2.29. The van der Waals surface area contributed by atoms with Crippen LogP contribution in [0.2, 0.25) is 0 Å². The van der Waals surface area contributed by atoms with Gasteiger partial charge in [-0.2, -0.15) is 13.2 Å². The second kappa shape index (κ2) is 7.53. The van der Waals surface area contributed by atoms with E-state index in [1.807, 2.05) is 0 Å². The highest BCUT2D eigenvalue weighted by atomic mass is 19.4. The molecule has 6 nitrogen and oxygen atoms in total. The molecule has 4 amide bonds. The van der Waals surface area contributed by atoms with E-state index in [2.05, 4.69) is 0 Å². The minimum absolute atomic E-state index is 0.0281. The zero-order valence-corrected chi connectivity index (χ0v) is 14.8. The van der Waals surface area contributed by atoms with Crippen LogP contribution < -0.4 is 15.5 Å². The van der Waals surface area contributed by atoms with E-state index in [0.29, 0.717) is 5.56 Å². The Morgan fingerprint density at radius 1 is 1.03 bits per heavy atom. The molecule has 1 aliphatic heterocycles. The van der Waals surface area contributed by atoms with Crippen molar-refractivity contribution in [2.24, 2.45) is 0 Å². The second-order valence-corrected chi connectivity index (χ2v) is 6.30. The number of alkyl halides is 3. The van der Waals surface area contributed by atoms with Crippen molar-refractivity contribution in [2.45, 2.75) is 24.7 Å². The molecule has 1 atom stereocenters. The zero-order chi connectivity index (χ0) is 21.2. The average molecular weight is 409 g/mol. The summed E-state index contributed by atoms with van der Waals surface area (Å²) in [6.07, 6.45) is -5.59. The van der Waals surface area contributed by atoms with Crippen molar-refractivity contribution < 1.29 is 31.9 Å². The molecule has 0 spiro atoms. The predicted octanol–water partition coefficient (Wildman–Crippen LogP) is 2.89. The van der Waals surface area contributed by atoms with Gasteiger partial charge in [0.15, 0.2) is 0 Å². The van der Waals surface area contributed by atoms with Crippen LogP contribution in [0.3, 0.4) is 0 Å². The van der Waals surface area contributed by atoms with Crippen LogP contribution >= 0.6 is 0 Å². The van der Waals surface area contributed by atoms with Crippen molar-refractivity contribution in [1.82, 2.24) is 10.6 Å². The number of amides is 4. The molecule has 0 aromatic heterocycles. The van der Waals surface area contributed by atoms with E-state index < -0.39 is 41.2 Å². The highest BCUT2D eigenvalue weighted by Gasteiger charge is 2.69. The molecule has 1 aliphatic rings. The Hall–Kier alpha value is -3.43. The maximum Gasteiger partial charge on any atom is 0.440 e. The first-order valence-electron chi connectivity index (χ1n) is 8.48. The lowest BCUT2D eigenvalue weighted by Crippen LogP contribution is -2.69. The molecular formula is C19H15F4N3O3. The van der Waals surface area contributed by atoms with Crippen LogP contribution in [0, 0.1) is 5.82 Å². The van der Waals surface area contributed by atoms with Gasteiger partial charge in [0.05, 0.1) is 5.69 Å². The number of imide groups is 1. The number of benzene rings is 2. The monoisotopic (exact) mass is 409 g/mol. The number of hydrogen-bond acceptors (Lipinski definition) is 3. The highest BCUT2D eigenvalue weighted by Crippen LogP contribution is 2.36. The van der Waals surface area contributed by atoms with Crippen LogP contribution in [0.4, 0.5) is 28.0 Å². The van der Waals surface area contributed by atoms with Gasteiger partial charge in [-0.1, -0.05) is 42.5 Å². The molecule has 0 unspecified atom stereocenters. The highest BCUT2D eigenvalue weighted by molar-refractivity contribution is 6.24. The van der Waals surface area contributed by atoms with Crippen LogP contribution in [0.1, 0.15) is 12.0 Å². The first-order valence-corrected chi connectivity index (χ1v) is 8.48. The molecule has 10 heteroatoms. The van der Waals surface area contributed by atoms with Crippen molar-refractivity contribution in [3.05, 3.63) is 66.0 Å². The first kappa shape index (κ1) is 20.3. The van der Waals surface area contributed by atoms with Gasteiger partial charge in [-0.25, -0.2) is 14.1 Å². The second-order valence-electron chi connectivity index (χ2n) is 6.30. The Morgan fingerprint density at radius 2 is 1.66 bits per heavy atom. The van der Waals surface area contributed by atoms with E-state index in [-0.39, 0.29) is 17.7 Å². The normalized spacial score (nSPS) is 19.2. The molecule has 2 N–H and O–H groups in total. The van der Waals surface area contributed by atoms with Gasteiger partial charge in [-0.05, 0) is 24.1 Å². The summed E-state index contributed by atoms with van der Waals surface area (Å²) in [7, 11) is 0. The maximum absolute atomic E-state index is 14.0. The van der Waals surface area contributed by atoms with Gasteiger partial charge in [0, 0.05) is 6.42 Å². The number of halogens is 4. The summed E-state index contributed by atoms with van der Waals surface area (Å²) in [5.41, 5.74) is -3.63. The minimum atomic E-state index is -5.36. The number of urea groups is 1. The van der Waals surface area contributed by atoms with Gasteiger partial charge in [-0.15, -0.1) is 0 Å². The smallest absolute Gasteiger partial charge is 0.318 e. The molecule has 0 radical (unpaired) electrons. The minimum Gasteiger partial charge on any atom is -0.318 e. The summed E-state index contributed by atoms with van der Waals surface area (Å²) in [5.74, 6) is -4.01. The van der Waals surface area contributed by atoms with E-state index in [1.165, 1.54) is 17.4 Å². The standard InChI is InChI=1S/C19H15F4N3O3/c20-13-8-4-5-9-14(13)26-16(28)18(19(21,22)23,25-17(26)29)24-15(27)11-10-12-6-2-1-3-7-12/h1-9H,10-11H2,(H,24,27)(H,25,29)/t18-/m0/s1. The van der Waals surface area contributed by atoms with E-state index in [1.54, 1.807) is 35.6 Å². The molecule has 29 heavy (non-hydrogen) atoms. The molecule has 3 rings (SSSR count). The van der Waals surface area contributed by atoms with Crippen LogP contribution in [0.5, 0.6) is 0 Å². The molecule has 152 valence electrons. The van der Waals surface area contributed by atoms with Crippen LogP contribution in [0.25, 0.3) is 0 Å². The fraction of sp³-hybridized carbons (Fsp3) is 0.211. The lowest BCUT2D eigenvalue weighted by atomic mass is 10.1. The van der Waals surface area contributed by atoms with Crippen LogP contribution in [-0.2, 0) is 16.0 Å². The third kappa shape index (κ3) is 3.78. The largest absolute Gasteiger partial charge is 0.440 e. The number of aryl methyl sites for hydroxylation is 1. The summed E-state index contributed by atoms with van der Waals surface area (Å²) in [6.45, 7) is 0. The third-order valence-electron chi connectivity index (χ3n) is 4.35. The molecule has 1 fully saturated rings. The number of rotatable bonds is 5. The van der Waals surface area contributed by atoms with Gasteiger partial charge in [0.25, 0.3) is 11.6 Å². The van der Waals surface area contributed by atoms with Gasteiger partial charge >= 0.3 is 12.2 Å². The van der Waals surface area contributed by atoms with Crippen LogP contribution in [0.15, 0.2) is 54.6 Å². The van der Waals surface area contributed by atoms with Gasteiger partial charge < -0.3 is 5.32 Å². The molecule has 2 aromatic rings. The number of nitrogens with zero attached hydrogens (tertiary/aromatic N) is 1. The van der Waals surface area contributed by atoms with Gasteiger partial charge in [-0.3, -0.25) is 14.9 Å². The van der Waals surface area contributed by atoms with Gasteiger partial charge in [0.2, 0.25) is 5.91 Å². The van der Waals surface area contributed by atoms with Crippen molar-refractivity contribution in [1.29, 1.82) is 0 Å². The van der Waals surface area contributed by atoms with E-state index >= 15 is 0 Å². The summed E-state index contributed by atoms with van der Waals surface area (Å²) in [4.78, 5) is 36.9. The Morgan fingerprint density at radius 3 is 2.28 bits per heavy atom. The SMILES string of the molecule is O=C(CCc1ccccc1)N[C@]1(C(F)(F)F)NC(=O)N(c2ccccc2F)C1=O. The summed E-state index contributed by atoms with van der Waals surface area (Å²) in [6, 6.07) is 11.4. The maximum atomic E-state index is 14.0. The molecule has 0 saturated carbocycles. The molecule has 0 bridgehead atoms. The number of anilines is 1. The Labute approximate surface area is 162 Å². The number of para-hydroxylation sites is 1. The van der Waals surface area contributed by atoms with Crippen molar-refractivity contribution >= 4 is 23.5 Å². The fourth-order valence-corrected chi connectivity index (χ4v) is 2.90. The van der Waals surface area contributed by atoms with E-state index in [9.17, 15) is 31.9 Å². The fourth-order valence-electron chi connectivity index (χ4n) is 2.90. The third-order valence-corrected chi connectivity index (χ3v) is 4.35. The molecule has 0 aliphatic carbocycles. The van der Waals surface area contributed by atoms with Crippen LogP contribution in [-0.4, -0.2) is 29.7 Å². The van der Waals surface area contributed by atoms with Gasteiger partial charge in [0.1, 0.15) is 5.82 Å². The average Bonchev–Trinajstić information content (AvgIpc) is 2.92. The van der Waals surface area contributed by atoms with Crippen molar-refractivity contribution in [2.75, 3.05) is 4.90 Å². The molecular weight excluding hydrogens is 394 g/mol. The number of hydrogen-bond donors (Lipinski definition) is 2. The summed E-state index contributed by atoms with van der Waals surface area (Å²) >= 11 is 0. The Balaban J connectivity index is 1.86. The number of nitrogens with one attached hydrogen (secondary N) is 2. The number of carbonyl (C=O) groups excluding carboxylic acids is 3. The molecule has 1 saturated heterocycles. The molecule has 1 heterocycles. The predicted molar refractivity (Wildman–Crippen MR) is 94.1 cm³/mol. The quantitative estimate of drug-likeness (QED) is 0.589. The Kier molecular flexibility index (Phi) is 5.27. The van der Waals surface area contributed by atoms with Crippen molar-refractivity contribution in [3.63, 3.8) is 0 Å². The topological polar surface area (TPSA) is 78.5 Å². The van der Waals surface area contributed by atoms with E-state index in [0.717, 1.165) is 12.1 Å². The first-order chi connectivity index (χ1) is 13.7. The van der Waals surface area contributed by atoms with Crippen molar-refractivity contribution in [3.8, 4) is 0 Å². The zero-order valence-electron chi connectivity index (χ0n) is 14.8. The van der Waals surface area contributed by atoms with E-state index in [4.69, 9.17) is 0 Å². The molecule has 2 aromatic carbocycles. The lowest BCUT2D eigenvalue weighted by molar-refractivity contribution is -0.201. The summed E-state index contributed by atoms with van der Waals surface area (Å²) in [5, 5.41) is 3.07. The summed E-state index contributed by atoms with van der Waals surface area (Å²) < 4.78 is 55.3. The number of carbonyl (C=O) groups is 3.